The van der Waals surface area contributed by atoms with Crippen LogP contribution in [-0.4, -0.2) is 30.9 Å². The Morgan fingerprint density at radius 1 is 0.938 bits per heavy atom. The van der Waals surface area contributed by atoms with Crippen LogP contribution in [0.15, 0.2) is 83.7 Å². The number of carbonyl (C=O) groups is 1. The van der Waals surface area contributed by atoms with Crippen LogP contribution in [0.5, 0.6) is 0 Å². The molecular formula is C24H20N6O2. The number of amides is 1. The second-order valence-corrected chi connectivity index (χ2v) is 7.52. The van der Waals surface area contributed by atoms with Crippen LogP contribution >= 0.6 is 0 Å². The zero-order valence-corrected chi connectivity index (χ0v) is 17.1. The number of aromatic nitrogens is 5. The molecule has 0 aliphatic carbocycles. The summed E-state index contributed by atoms with van der Waals surface area (Å²) in [5.41, 5.74) is 2.92. The molecule has 1 amide bonds. The zero-order valence-electron chi connectivity index (χ0n) is 17.1. The van der Waals surface area contributed by atoms with Crippen molar-refractivity contribution < 1.29 is 4.79 Å². The second-order valence-electron chi connectivity index (χ2n) is 7.52. The number of hydrogen-bond acceptors (Lipinski definition) is 5. The van der Waals surface area contributed by atoms with E-state index in [2.05, 4.69) is 25.6 Å². The van der Waals surface area contributed by atoms with E-state index in [1.807, 2.05) is 54.6 Å². The molecule has 32 heavy (non-hydrogen) atoms. The average molecular weight is 424 g/mol. The number of carbonyl (C=O) groups excluding carboxylic acids is 1. The lowest BCUT2D eigenvalue weighted by molar-refractivity contribution is -0.122. The Hall–Kier alpha value is -4.33. The van der Waals surface area contributed by atoms with E-state index < -0.39 is 6.04 Å². The van der Waals surface area contributed by atoms with Crippen molar-refractivity contribution in [3.63, 3.8) is 0 Å². The van der Waals surface area contributed by atoms with Gasteiger partial charge < -0.3 is 10.3 Å². The molecule has 8 nitrogen and oxygen atoms in total. The first kappa shape index (κ1) is 19.6. The molecule has 3 aromatic carbocycles. The number of H-pyrrole nitrogens is 1. The number of rotatable bonds is 6. The maximum Gasteiger partial charge on any atom is 0.278 e. The van der Waals surface area contributed by atoms with E-state index in [0.717, 1.165) is 21.3 Å². The molecule has 1 atom stereocenters. The molecule has 2 heterocycles. The van der Waals surface area contributed by atoms with Crippen LogP contribution < -0.4 is 10.9 Å². The highest BCUT2D eigenvalue weighted by Gasteiger charge is 2.20. The predicted octanol–water partition coefficient (Wildman–Crippen LogP) is 2.77. The first-order chi connectivity index (χ1) is 15.7. The second kappa shape index (κ2) is 8.43. The Kier molecular flexibility index (Phi) is 5.17. The van der Waals surface area contributed by atoms with Gasteiger partial charge in [-0.05, 0) is 36.2 Å². The highest BCUT2D eigenvalue weighted by Crippen LogP contribution is 2.20. The Balaban J connectivity index is 1.42. The fourth-order valence-corrected chi connectivity index (χ4v) is 3.71. The Morgan fingerprint density at radius 3 is 2.47 bits per heavy atom. The largest absolute Gasteiger partial charge is 0.344 e. The van der Waals surface area contributed by atoms with Gasteiger partial charge >= 0.3 is 0 Å². The summed E-state index contributed by atoms with van der Waals surface area (Å²) < 4.78 is 1.08. The minimum atomic E-state index is -0.401. The molecule has 0 unspecified atom stereocenters. The fraction of sp³-hybridized carbons (Fsp3) is 0.125. The van der Waals surface area contributed by atoms with Gasteiger partial charge in [0.2, 0.25) is 5.91 Å². The minimum Gasteiger partial charge on any atom is -0.344 e. The summed E-state index contributed by atoms with van der Waals surface area (Å²) in [6, 6.07) is 24.1. The summed E-state index contributed by atoms with van der Waals surface area (Å²) >= 11 is 0. The molecule has 8 heteroatoms. The summed E-state index contributed by atoms with van der Waals surface area (Å²) in [6.07, 6.45) is 0.546. The summed E-state index contributed by atoms with van der Waals surface area (Å²) in [5.74, 6) is 0.304. The maximum atomic E-state index is 12.9. The van der Waals surface area contributed by atoms with Crippen molar-refractivity contribution in [2.75, 3.05) is 0 Å². The van der Waals surface area contributed by atoms with E-state index in [-0.39, 0.29) is 18.0 Å². The summed E-state index contributed by atoms with van der Waals surface area (Å²) in [7, 11) is 0. The molecule has 0 aliphatic heterocycles. The highest BCUT2D eigenvalue weighted by molar-refractivity contribution is 5.79. The van der Waals surface area contributed by atoms with E-state index in [1.54, 1.807) is 24.3 Å². The van der Waals surface area contributed by atoms with Crippen molar-refractivity contribution in [3.05, 3.63) is 101 Å². The molecule has 0 fully saturated rings. The molecule has 2 aromatic heterocycles. The first-order valence-corrected chi connectivity index (χ1v) is 10.3. The third-order valence-corrected chi connectivity index (χ3v) is 5.28. The van der Waals surface area contributed by atoms with Gasteiger partial charge in [0.05, 0.1) is 22.5 Å². The number of nitrogens with zero attached hydrogens (tertiary/aromatic N) is 4. The van der Waals surface area contributed by atoms with Crippen molar-refractivity contribution in [1.82, 2.24) is 30.3 Å². The van der Waals surface area contributed by atoms with Crippen LogP contribution in [0.3, 0.4) is 0 Å². The van der Waals surface area contributed by atoms with Crippen LogP contribution in [0, 0.1) is 0 Å². The van der Waals surface area contributed by atoms with Gasteiger partial charge in [0.25, 0.3) is 5.56 Å². The monoisotopic (exact) mass is 424 g/mol. The van der Waals surface area contributed by atoms with Crippen molar-refractivity contribution in [1.29, 1.82) is 0 Å². The Morgan fingerprint density at radius 2 is 1.66 bits per heavy atom. The molecule has 5 aromatic rings. The van der Waals surface area contributed by atoms with Gasteiger partial charge in [0.15, 0.2) is 0 Å². The van der Waals surface area contributed by atoms with Gasteiger partial charge in [-0.2, -0.15) is 0 Å². The van der Waals surface area contributed by atoms with Crippen LogP contribution in [0.25, 0.3) is 21.9 Å². The molecule has 0 aliphatic rings. The first-order valence-electron chi connectivity index (χ1n) is 10.3. The van der Waals surface area contributed by atoms with Gasteiger partial charge in [-0.1, -0.05) is 59.8 Å². The average Bonchev–Trinajstić information content (AvgIpc) is 3.26. The minimum absolute atomic E-state index is 0.234. The van der Waals surface area contributed by atoms with E-state index in [1.165, 1.54) is 0 Å². The van der Waals surface area contributed by atoms with Gasteiger partial charge in [-0.25, -0.2) is 9.67 Å². The molecule has 0 bridgehead atoms. The van der Waals surface area contributed by atoms with Crippen molar-refractivity contribution in [2.24, 2.45) is 0 Å². The fourth-order valence-electron chi connectivity index (χ4n) is 3.71. The van der Waals surface area contributed by atoms with E-state index in [4.69, 9.17) is 0 Å². The van der Waals surface area contributed by atoms with Crippen LogP contribution in [0.2, 0.25) is 0 Å². The topological polar surface area (TPSA) is 106 Å². The molecule has 158 valence electrons. The summed E-state index contributed by atoms with van der Waals surface area (Å²) in [6.45, 7) is -0.234. The van der Waals surface area contributed by atoms with E-state index in [9.17, 15) is 9.59 Å². The lowest BCUT2D eigenvalue weighted by atomic mass is 10.1. The quantitative estimate of drug-likeness (QED) is 0.436. The van der Waals surface area contributed by atoms with E-state index >= 15 is 0 Å². The number of hydrogen-bond donors (Lipinski definition) is 2. The highest BCUT2D eigenvalue weighted by atomic mass is 16.2. The maximum absolute atomic E-state index is 12.9. The van der Waals surface area contributed by atoms with Gasteiger partial charge in [0.1, 0.15) is 17.9 Å². The Bertz CT molecular complexity index is 1420. The molecule has 0 spiro atoms. The number of para-hydroxylation sites is 2. The van der Waals surface area contributed by atoms with Crippen molar-refractivity contribution in [3.8, 4) is 0 Å². The molecule has 0 saturated carbocycles. The summed E-state index contributed by atoms with van der Waals surface area (Å²) in [4.78, 5) is 33.6. The van der Waals surface area contributed by atoms with Crippen LogP contribution in [-0.2, 0) is 17.8 Å². The molecule has 5 rings (SSSR count). The SMILES string of the molecule is O=C(Cn1nnc2ccccc2c1=O)N[C@H](Cc1ccccc1)c1nc2ccccc2[nH]1. The Labute approximate surface area is 182 Å². The van der Waals surface area contributed by atoms with Crippen LogP contribution in [0.1, 0.15) is 17.4 Å². The smallest absolute Gasteiger partial charge is 0.278 e. The number of fused-ring (bicyclic) bond motifs is 2. The van der Waals surface area contributed by atoms with Gasteiger partial charge in [-0.15, -0.1) is 5.10 Å². The van der Waals surface area contributed by atoms with Crippen LogP contribution in [0.4, 0.5) is 0 Å². The normalized spacial score (nSPS) is 12.1. The number of nitrogens with one attached hydrogen (secondary N) is 2. The molecular weight excluding hydrogens is 404 g/mol. The number of benzene rings is 3. The third-order valence-electron chi connectivity index (χ3n) is 5.28. The van der Waals surface area contributed by atoms with Crippen molar-refractivity contribution >= 4 is 27.8 Å². The lowest BCUT2D eigenvalue weighted by Crippen LogP contribution is -2.37. The lowest BCUT2D eigenvalue weighted by Gasteiger charge is -2.17. The zero-order chi connectivity index (χ0) is 21.9. The number of imidazole rings is 1. The molecule has 0 saturated heterocycles. The summed E-state index contributed by atoms with van der Waals surface area (Å²) in [5, 5.41) is 11.4. The van der Waals surface area contributed by atoms with Gasteiger partial charge in [0, 0.05) is 0 Å². The van der Waals surface area contributed by atoms with Crippen molar-refractivity contribution in [2.45, 2.75) is 19.0 Å². The molecule has 0 radical (unpaired) electrons. The number of aromatic amines is 1. The molecule has 2 N–H and O–H groups in total. The van der Waals surface area contributed by atoms with E-state index in [0.29, 0.717) is 23.1 Å². The van der Waals surface area contributed by atoms with Gasteiger partial charge in [-0.3, -0.25) is 9.59 Å². The third kappa shape index (κ3) is 3.98. The predicted molar refractivity (Wildman–Crippen MR) is 121 cm³/mol. The standard InChI is InChI=1S/C24H20N6O2/c31-22(15-30-24(32)17-10-4-5-11-18(17)28-29-30)25-21(14-16-8-2-1-3-9-16)23-26-19-12-6-7-13-20(19)27-23/h1-13,21H,14-15H2,(H,25,31)(H,26,27)/t21-/m1/s1.